The largest absolute Gasteiger partial charge is 0.479 e. The minimum absolute atomic E-state index is 0.184. The van der Waals surface area contributed by atoms with Gasteiger partial charge in [-0.1, -0.05) is 35.3 Å². The van der Waals surface area contributed by atoms with Crippen molar-refractivity contribution in [2.24, 2.45) is 0 Å². The maximum atomic E-state index is 11.4. The second-order valence-electron chi connectivity index (χ2n) is 3.52. The lowest BCUT2D eigenvalue weighted by Gasteiger charge is -2.13. The molecule has 98 valence electrons. The summed E-state index contributed by atoms with van der Waals surface area (Å²) in [6.07, 6.45) is 0.977. The van der Waals surface area contributed by atoms with E-state index >= 15 is 0 Å². The Balaban J connectivity index is 2.63. The van der Waals surface area contributed by atoms with E-state index in [0.29, 0.717) is 12.4 Å². The molecule has 1 unspecified atom stereocenters. The van der Waals surface area contributed by atoms with Crippen LogP contribution >= 0.6 is 23.2 Å². The number of hydrogen-bond donors (Lipinski definition) is 0. The normalized spacial score (nSPS) is 11.6. The molecule has 18 heavy (non-hydrogen) atoms. The molecular weight excluding hydrogens is 275 g/mol. The number of benzene rings is 1. The van der Waals surface area contributed by atoms with Crippen molar-refractivity contribution in [2.75, 3.05) is 6.61 Å². The predicted octanol–water partition coefficient (Wildman–Crippen LogP) is 3.79. The summed E-state index contributed by atoms with van der Waals surface area (Å²) in [6, 6.07) is 7.05. The lowest BCUT2D eigenvalue weighted by atomic mass is 10.2. The van der Waals surface area contributed by atoms with E-state index < -0.39 is 6.10 Å². The Bertz CT molecular complexity index is 422. The third-order valence-corrected chi connectivity index (χ3v) is 2.31. The van der Waals surface area contributed by atoms with E-state index in [4.69, 9.17) is 32.7 Å². The van der Waals surface area contributed by atoms with Crippen molar-refractivity contribution in [3.05, 3.63) is 34.3 Å². The van der Waals surface area contributed by atoms with Gasteiger partial charge in [0.2, 0.25) is 0 Å². The summed E-state index contributed by atoms with van der Waals surface area (Å²) in [5, 5.41) is 0. The van der Waals surface area contributed by atoms with Crippen LogP contribution in [0.3, 0.4) is 0 Å². The molecule has 0 aliphatic heterocycles. The highest BCUT2D eigenvalue weighted by Crippen LogP contribution is 2.18. The number of carbonyl (C=O) groups excluding carboxylic acids is 1. The summed E-state index contributed by atoms with van der Waals surface area (Å²) in [7, 11) is 0. The molecule has 0 saturated carbocycles. The molecule has 3 nitrogen and oxygen atoms in total. The zero-order valence-electron chi connectivity index (χ0n) is 10.2. The molecule has 0 fully saturated rings. The van der Waals surface area contributed by atoms with Crippen molar-refractivity contribution >= 4 is 35.2 Å². The highest BCUT2D eigenvalue weighted by atomic mass is 35.5. The number of carbonyl (C=O) groups is 1. The van der Waals surface area contributed by atoms with Gasteiger partial charge in [0.05, 0.1) is 6.61 Å². The van der Waals surface area contributed by atoms with E-state index in [0.717, 1.165) is 5.56 Å². The number of halogens is 2. The third kappa shape index (κ3) is 4.98. The first kappa shape index (κ1) is 14.9. The van der Waals surface area contributed by atoms with Gasteiger partial charge in [0.15, 0.2) is 6.10 Å². The van der Waals surface area contributed by atoms with Gasteiger partial charge in [-0.15, -0.1) is 0 Å². The molecule has 1 aromatic rings. The average molecular weight is 289 g/mol. The van der Waals surface area contributed by atoms with E-state index in [1.165, 1.54) is 0 Å². The second-order valence-corrected chi connectivity index (χ2v) is 4.52. The number of hydrogen-bond acceptors (Lipinski definition) is 3. The van der Waals surface area contributed by atoms with Crippen LogP contribution in [0.25, 0.3) is 6.08 Å². The fourth-order valence-corrected chi connectivity index (χ4v) is 1.53. The molecule has 0 bridgehead atoms. The Morgan fingerprint density at radius 3 is 2.44 bits per heavy atom. The first-order chi connectivity index (χ1) is 8.52. The lowest BCUT2D eigenvalue weighted by molar-refractivity contribution is -0.150. The number of rotatable bonds is 5. The Morgan fingerprint density at radius 1 is 1.33 bits per heavy atom. The Kier molecular flexibility index (Phi) is 6.02. The van der Waals surface area contributed by atoms with Gasteiger partial charge in [-0.3, -0.25) is 0 Å². The maximum Gasteiger partial charge on any atom is 0.347 e. The van der Waals surface area contributed by atoms with Crippen molar-refractivity contribution in [3.63, 3.8) is 0 Å². The molecule has 0 amide bonds. The summed E-state index contributed by atoms with van der Waals surface area (Å²) in [6.45, 7) is 3.73. The van der Waals surface area contributed by atoms with Gasteiger partial charge >= 0.3 is 5.97 Å². The highest BCUT2D eigenvalue weighted by Gasteiger charge is 2.15. The van der Waals surface area contributed by atoms with Crippen molar-refractivity contribution in [2.45, 2.75) is 20.0 Å². The first-order valence-electron chi connectivity index (χ1n) is 5.49. The van der Waals surface area contributed by atoms with E-state index in [1.54, 1.807) is 44.2 Å². The summed E-state index contributed by atoms with van der Waals surface area (Å²) < 4.78 is 10.5. The van der Waals surface area contributed by atoms with E-state index in [2.05, 4.69) is 0 Å². The Labute approximate surface area is 116 Å². The summed E-state index contributed by atoms with van der Waals surface area (Å²) in [4.78, 5) is 11.4. The van der Waals surface area contributed by atoms with Crippen molar-refractivity contribution in [1.82, 2.24) is 0 Å². The van der Waals surface area contributed by atoms with Gasteiger partial charge in [0.25, 0.3) is 0 Å². The van der Waals surface area contributed by atoms with Gasteiger partial charge in [0.1, 0.15) is 10.2 Å². The maximum absolute atomic E-state index is 11.4. The van der Waals surface area contributed by atoms with Crippen molar-refractivity contribution in [1.29, 1.82) is 0 Å². The molecule has 0 aliphatic rings. The summed E-state index contributed by atoms with van der Waals surface area (Å²) in [5.74, 6) is 0.198. The van der Waals surface area contributed by atoms with Crippen LogP contribution < -0.4 is 4.74 Å². The molecule has 0 saturated heterocycles. The minimum Gasteiger partial charge on any atom is -0.479 e. The highest BCUT2D eigenvalue weighted by molar-refractivity contribution is 6.57. The molecule has 1 atom stereocenters. The summed E-state index contributed by atoms with van der Waals surface area (Å²) in [5.41, 5.74) is 0.853. The smallest absolute Gasteiger partial charge is 0.347 e. The molecule has 1 rings (SSSR count). The third-order valence-electron chi connectivity index (χ3n) is 2.09. The summed E-state index contributed by atoms with van der Waals surface area (Å²) >= 11 is 11.1. The zero-order chi connectivity index (χ0) is 13.5. The van der Waals surface area contributed by atoms with Crippen molar-refractivity contribution in [3.8, 4) is 5.75 Å². The van der Waals surface area contributed by atoms with Crippen LogP contribution in [-0.4, -0.2) is 18.7 Å². The van der Waals surface area contributed by atoms with E-state index in [9.17, 15) is 4.79 Å². The topological polar surface area (TPSA) is 35.5 Å². The van der Waals surface area contributed by atoms with Gasteiger partial charge in [0, 0.05) is 0 Å². The molecule has 0 spiro atoms. The molecule has 0 radical (unpaired) electrons. The quantitative estimate of drug-likeness (QED) is 0.773. The molecule has 0 aromatic heterocycles. The van der Waals surface area contributed by atoms with Crippen LogP contribution in [0.4, 0.5) is 0 Å². The van der Waals surface area contributed by atoms with Crippen molar-refractivity contribution < 1.29 is 14.3 Å². The fourth-order valence-electron chi connectivity index (χ4n) is 1.28. The van der Waals surface area contributed by atoms with Crippen LogP contribution in [0.1, 0.15) is 19.4 Å². The minimum atomic E-state index is -0.636. The Hall–Kier alpha value is -1.19. The standard InChI is InChI=1S/C13H14Cl2O3/c1-3-17-13(16)9(2)18-11-6-4-10(5-7-11)8-12(14)15/h4-9H,3H2,1-2H3. The second kappa shape index (κ2) is 7.29. The van der Waals surface area contributed by atoms with Crippen LogP contribution in [0.5, 0.6) is 5.75 Å². The first-order valence-corrected chi connectivity index (χ1v) is 6.24. The number of esters is 1. The molecule has 5 heteroatoms. The van der Waals surface area contributed by atoms with Gasteiger partial charge in [-0.2, -0.15) is 0 Å². The van der Waals surface area contributed by atoms with Crippen LogP contribution in [0, 0.1) is 0 Å². The van der Waals surface area contributed by atoms with E-state index in [1.807, 2.05) is 0 Å². The molecule has 0 heterocycles. The van der Waals surface area contributed by atoms with Gasteiger partial charge in [-0.25, -0.2) is 4.79 Å². The molecule has 0 aliphatic carbocycles. The number of ether oxygens (including phenoxy) is 2. The molecule has 1 aromatic carbocycles. The van der Waals surface area contributed by atoms with Crippen LogP contribution in [-0.2, 0) is 9.53 Å². The van der Waals surface area contributed by atoms with Gasteiger partial charge in [-0.05, 0) is 37.6 Å². The zero-order valence-corrected chi connectivity index (χ0v) is 11.7. The Morgan fingerprint density at radius 2 is 1.94 bits per heavy atom. The average Bonchev–Trinajstić information content (AvgIpc) is 2.31. The SMILES string of the molecule is CCOC(=O)C(C)Oc1ccc(C=C(Cl)Cl)cc1. The lowest BCUT2D eigenvalue weighted by Crippen LogP contribution is -2.25. The predicted molar refractivity (Wildman–Crippen MR) is 72.8 cm³/mol. The van der Waals surface area contributed by atoms with E-state index in [-0.39, 0.29) is 10.5 Å². The van der Waals surface area contributed by atoms with Crippen LogP contribution in [0.15, 0.2) is 28.8 Å². The molecule has 0 N–H and O–H groups in total. The molecular formula is C13H14Cl2O3. The van der Waals surface area contributed by atoms with Gasteiger partial charge < -0.3 is 9.47 Å². The monoisotopic (exact) mass is 288 g/mol. The fraction of sp³-hybridized carbons (Fsp3) is 0.308. The van der Waals surface area contributed by atoms with Crippen LogP contribution in [0.2, 0.25) is 0 Å².